The lowest BCUT2D eigenvalue weighted by atomic mass is 10.3. The SMILES string of the molecule is COc1ccc(NC(=O)c2ccc(COc3ccccc3Cl)o2)cc1Cl. The van der Waals surface area contributed by atoms with Gasteiger partial charge in [0.1, 0.15) is 23.9 Å². The highest BCUT2D eigenvalue weighted by molar-refractivity contribution is 6.32. The summed E-state index contributed by atoms with van der Waals surface area (Å²) < 4.78 is 16.2. The highest BCUT2D eigenvalue weighted by Gasteiger charge is 2.13. The minimum absolute atomic E-state index is 0.158. The van der Waals surface area contributed by atoms with Crippen molar-refractivity contribution in [3.05, 3.63) is 76.2 Å². The van der Waals surface area contributed by atoms with Crippen molar-refractivity contribution in [1.82, 2.24) is 0 Å². The van der Waals surface area contributed by atoms with E-state index in [1.54, 1.807) is 42.5 Å². The molecule has 5 nitrogen and oxygen atoms in total. The van der Waals surface area contributed by atoms with Gasteiger partial charge in [0.15, 0.2) is 5.76 Å². The van der Waals surface area contributed by atoms with Gasteiger partial charge in [0.05, 0.1) is 17.2 Å². The van der Waals surface area contributed by atoms with Crippen molar-refractivity contribution in [3.8, 4) is 11.5 Å². The second kappa shape index (κ2) is 8.17. The van der Waals surface area contributed by atoms with Crippen LogP contribution in [0, 0.1) is 0 Å². The van der Waals surface area contributed by atoms with Crippen molar-refractivity contribution in [3.63, 3.8) is 0 Å². The lowest BCUT2D eigenvalue weighted by Crippen LogP contribution is -2.10. The molecule has 0 spiro atoms. The number of methoxy groups -OCH3 is 1. The van der Waals surface area contributed by atoms with Crippen LogP contribution in [0.3, 0.4) is 0 Å². The first kappa shape index (κ1) is 18.2. The molecule has 0 aliphatic heterocycles. The lowest BCUT2D eigenvalue weighted by Gasteiger charge is -2.07. The van der Waals surface area contributed by atoms with Crippen molar-refractivity contribution >= 4 is 34.8 Å². The number of anilines is 1. The number of benzene rings is 2. The summed E-state index contributed by atoms with van der Waals surface area (Å²) in [6.07, 6.45) is 0. The maximum Gasteiger partial charge on any atom is 0.291 e. The molecule has 0 saturated heterocycles. The summed E-state index contributed by atoms with van der Waals surface area (Å²) in [5, 5.41) is 3.62. The molecule has 1 aromatic heterocycles. The van der Waals surface area contributed by atoms with E-state index in [0.717, 1.165) is 0 Å². The molecule has 1 amide bonds. The Kier molecular flexibility index (Phi) is 5.71. The average Bonchev–Trinajstić information content (AvgIpc) is 3.10. The largest absolute Gasteiger partial charge is 0.495 e. The lowest BCUT2D eigenvalue weighted by molar-refractivity contribution is 0.0992. The molecule has 0 fully saturated rings. The van der Waals surface area contributed by atoms with E-state index >= 15 is 0 Å². The van der Waals surface area contributed by atoms with Crippen LogP contribution in [0.15, 0.2) is 59.0 Å². The number of para-hydroxylation sites is 1. The fourth-order valence-corrected chi connectivity index (χ4v) is 2.67. The number of carbonyl (C=O) groups is 1. The Morgan fingerprint density at radius 3 is 2.58 bits per heavy atom. The fourth-order valence-electron chi connectivity index (χ4n) is 2.23. The molecule has 0 saturated carbocycles. The Bertz CT molecular complexity index is 923. The van der Waals surface area contributed by atoms with Gasteiger partial charge in [-0.05, 0) is 42.5 Å². The zero-order chi connectivity index (χ0) is 18.5. The number of halogens is 2. The van der Waals surface area contributed by atoms with Crippen LogP contribution in [0.4, 0.5) is 5.69 Å². The Hall–Kier alpha value is -2.63. The average molecular weight is 392 g/mol. The van der Waals surface area contributed by atoms with Crippen molar-refractivity contribution in [2.24, 2.45) is 0 Å². The minimum Gasteiger partial charge on any atom is -0.495 e. The summed E-state index contributed by atoms with van der Waals surface area (Å²) in [7, 11) is 1.52. The van der Waals surface area contributed by atoms with Gasteiger partial charge in [-0.25, -0.2) is 0 Å². The molecule has 0 atom stereocenters. The summed E-state index contributed by atoms with van der Waals surface area (Å²) >= 11 is 12.1. The van der Waals surface area contributed by atoms with Gasteiger partial charge < -0.3 is 19.2 Å². The molecule has 0 unspecified atom stereocenters. The first-order valence-corrected chi connectivity index (χ1v) is 8.43. The number of nitrogens with one attached hydrogen (secondary N) is 1. The summed E-state index contributed by atoms with van der Waals surface area (Å²) in [6.45, 7) is 0.158. The number of rotatable bonds is 6. The molecule has 0 aliphatic carbocycles. The Morgan fingerprint density at radius 2 is 1.85 bits per heavy atom. The Morgan fingerprint density at radius 1 is 1.04 bits per heavy atom. The molecule has 134 valence electrons. The molecule has 0 radical (unpaired) electrons. The predicted molar refractivity (Wildman–Crippen MR) is 100 cm³/mol. The Balaban J connectivity index is 1.62. The van der Waals surface area contributed by atoms with E-state index in [9.17, 15) is 4.79 Å². The van der Waals surface area contributed by atoms with Gasteiger partial charge in [-0.15, -0.1) is 0 Å². The number of hydrogen-bond donors (Lipinski definition) is 1. The topological polar surface area (TPSA) is 60.7 Å². The van der Waals surface area contributed by atoms with Crippen molar-refractivity contribution in [1.29, 1.82) is 0 Å². The predicted octanol–water partition coefficient (Wildman–Crippen LogP) is 5.43. The van der Waals surface area contributed by atoms with E-state index < -0.39 is 5.91 Å². The van der Waals surface area contributed by atoms with E-state index in [2.05, 4.69) is 5.32 Å². The molecule has 1 heterocycles. The minimum atomic E-state index is -0.393. The van der Waals surface area contributed by atoms with E-state index in [-0.39, 0.29) is 12.4 Å². The van der Waals surface area contributed by atoms with Crippen LogP contribution < -0.4 is 14.8 Å². The normalized spacial score (nSPS) is 10.4. The number of furan rings is 1. The molecule has 0 bridgehead atoms. The third-order valence-electron chi connectivity index (χ3n) is 3.50. The van der Waals surface area contributed by atoms with Gasteiger partial charge in [-0.3, -0.25) is 4.79 Å². The van der Waals surface area contributed by atoms with Crippen LogP contribution in [0.2, 0.25) is 10.0 Å². The molecule has 7 heteroatoms. The van der Waals surface area contributed by atoms with Crippen LogP contribution in [0.25, 0.3) is 0 Å². The molecule has 3 aromatic rings. The van der Waals surface area contributed by atoms with Gasteiger partial charge in [-0.2, -0.15) is 0 Å². The van der Waals surface area contributed by atoms with Crippen LogP contribution in [-0.2, 0) is 6.61 Å². The van der Waals surface area contributed by atoms with Gasteiger partial charge in [-0.1, -0.05) is 35.3 Å². The van der Waals surface area contributed by atoms with E-state index in [1.807, 2.05) is 12.1 Å². The van der Waals surface area contributed by atoms with Gasteiger partial charge in [0.25, 0.3) is 5.91 Å². The Labute approximate surface area is 160 Å². The molecular weight excluding hydrogens is 377 g/mol. The smallest absolute Gasteiger partial charge is 0.291 e. The first-order chi connectivity index (χ1) is 12.6. The second-order valence-corrected chi connectivity index (χ2v) is 6.10. The van der Waals surface area contributed by atoms with E-state index in [0.29, 0.717) is 33.0 Å². The van der Waals surface area contributed by atoms with Gasteiger partial charge in [0, 0.05) is 5.69 Å². The van der Waals surface area contributed by atoms with Crippen LogP contribution in [-0.4, -0.2) is 13.0 Å². The first-order valence-electron chi connectivity index (χ1n) is 7.68. The van der Waals surface area contributed by atoms with Crippen molar-refractivity contribution in [2.75, 3.05) is 12.4 Å². The molecule has 1 N–H and O–H groups in total. The fraction of sp³-hybridized carbons (Fsp3) is 0.105. The quantitative estimate of drug-likeness (QED) is 0.608. The van der Waals surface area contributed by atoms with Crippen LogP contribution >= 0.6 is 23.2 Å². The van der Waals surface area contributed by atoms with E-state index in [1.165, 1.54) is 7.11 Å². The van der Waals surface area contributed by atoms with Crippen molar-refractivity contribution in [2.45, 2.75) is 6.61 Å². The van der Waals surface area contributed by atoms with E-state index in [4.69, 9.17) is 37.1 Å². The van der Waals surface area contributed by atoms with Gasteiger partial charge >= 0.3 is 0 Å². The molecule has 3 rings (SSSR count). The summed E-state index contributed by atoms with van der Waals surface area (Å²) in [4.78, 5) is 12.3. The number of carbonyl (C=O) groups excluding carboxylic acids is 1. The molecule has 26 heavy (non-hydrogen) atoms. The monoisotopic (exact) mass is 391 g/mol. The zero-order valence-electron chi connectivity index (χ0n) is 13.8. The van der Waals surface area contributed by atoms with Crippen LogP contribution in [0.5, 0.6) is 11.5 Å². The molecule has 0 aliphatic rings. The highest BCUT2D eigenvalue weighted by atomic mass is 35.5. The van der Waals surface area contributed by atoms with Gasteiger partial charge in [0.2, 0.25) is 0 Å². The summed E-state index contributed by atoms with van der Waals surface area (Å²) in [5.74, 6) is 1.35. The summed E-state index contributed by atoms with van der Waals surface area (Å²) in [5.41, 5.74) is 0.533. The van der Waals surface area contributed by atoms with Crippen molar-refractivity contribution < 1.29 is 18.7 Å². The third kappa shape index (κ3) is 4.31. The number of ether oxygens (including phenoxy) is 2. The number of hydrogen-bond acceptors (Lipinski definition) is 4. The number of amides is 1. The zero-order valence-corrected chi connectivity index (χ0v) is 15.3. The molecular formula is C19H15Cl2NO4. The van der Waals surface area contributed by atoms with Crippen LogP contribution in [0.1, 0.15) is 16.3 Å². The maximum absolute atomic E-state index is 12.3. The standard InChI is InChI=1S/C19H15Cl2NO4/c1-24-16-8-6-12(10-15(16)21)22-19(23)18-9-7-13(26-18)11-25-17-5-3-2-4-14(17)20/h2-10H,11H2,1H3,(H,22,23). The molecule has 2 aromatic carbocycles. The highest BCUT2D eigenvalue weighted by Crippen LogP contribution is 2.28. The third-order valence-corrected chi connectivity index (χ3v) is 4.11. The summed E-state index contributed by atoms with van der Waals surface area (Å²) in [6, 6.07) is 15.3. The second-order valence-electron chi connectivity index (χ2n) is 5.29. The maximum atomic E-state index is 12.3.